The van der Waals surface area contributed by atoms with Gasteiger partial charge in [0.15, 0.2) is 0 Å². The van der Waals surface area contributed by atoms with Gasteiger partial charge >= 0.3 is 6.85 Å². The van der Waals surface area contributed by atoms with E-state index in [1.807, 2.05) is 0 Å². The SMILES string of the molecule is CC1(C)CCC(C)(C)c2cc(N3c4c5c(cc6ccccc46)-c4cccc6c7cc8ccccc8cc7n(c46)B5c4sc5cc6c(cc5c43)C(C)(C)CCC6(C)C)ccc21. The van der Waals surface area contributed by atoms with Crippen LogP contribution in [0.4, 0.5) is 17.1 Å². The maximum Gasteiger partial charge on any atom is 0.343 e. The van der Waals surface area contributed by atoms with Gasteiger partial charge in [-0.15, -0.1) is 11.3 Å². The fraction of sp³-hybridized carbons (Fsp3) is 0.286. The molecule has 4 heterocycles. The van der Waals surface area contributed by atoms with Crippen LogP contribution in [0.15, 0.2) is 115 Å². The predicted octanol–water partition coefficient (Wildman–Crippen LogP) is 14.4. The second kappa shape index (κ2) is 11.3. The van der Waals surface area contributed by atoms with E-state index in [0.29, 0.717) is 0 Å². The Labute approximate surface area is 357 Å². The quantitative estimate of drug-likeness (QED) is 0.150. The van der Waals surface area contributed by atoms with Crippen molar-refractivity contribution in [1.82, 2.24) is 4.48 Å². The molecule has 2 aromatic heterocycles. The van der Waals surface area contributed by atoms with E-state index < -0.39 is 0 Å². The summed E-state index contributed by atoms with van der Waals surface area (Å²) in [6.07, 6.45) is 4.80. The number of anilines is 3. The third kappa shape index (κ3) is 4.46. The van der Waals surface area contributed by atoms with Crippen molar-refractivity contribution in [3.8, 4) is 11.1 Å². The molecule has 13 rings (SSSR count). The van der Waals surface area contributed by atoms with E-state index in [-0.39, 0.29) is 28.5 Å². The molecular weight excluding hydrogens is 744 g/mol. The smallest absolute Gasteiger partial charge is 0.343 e. The number of benzene rings is 7. The maximum absolute atomic E-state index is 2.77. The topological polar surface area (TPSA) is 8.17 Å². The molecule has 2 aliphatic carbocycles. The van der Waals surface area contributed by atoms with Gasteiger partial charge in [-0.25, -0.2) is 0 Å². The van der Waals surface area contributed by atoms with E-state index in [9.17, 15) is 0 Å². The zero-order chi connectivity index (χ0) is 40.8. The average Bonchev–Trinajstić information content (AvgIpc) is 3.77. The van der Waals surface area contributed by atoms with Crippen molar-refractivity contribution >= 4 is 98.9 Å². The molecule has 0 atom stereocenters. The Morgan fingerprint density at radius 2 is 1.10 bits per heavy atom. The van der Waals surface area contributed by atoms with Gasteiger partial charge in [-0.3, -0.25) is 0 Å². The summed E-state index contributed by atoms with van der Waals surface area (Å²) in [6.45, 7) is 19.8. The van der Waals surface area contributed by atoms with Gasteiger partial charge in [0.05, 0.1) is 11.4 Å². The molecule has 294 valence electrons. The molecule has 4 aliphatic rings. The lowest BCUT2D eigenvalue weighted by atomic mass is 9.48. The Bertz CT molecular complexity index is 3410. The Morgan fingerprint density at radius 3 is 1.83 bits per heavy atom. The van der Waals surface area contributed by atoms with Crippen molar-refractivity contribution in [2.24, 2.45) is 0 Å². The lowest BCUT2D eigenvalue weighted by Gasteiger charge is -2.44. The van der Waals surface area contributed by atoms with Crippen molar-refractivity contribution in [2.75, 3.05) is 4.90 Å². The fourth-order valence-electron chi connectivity index (χ4n) is 12.4. The number of para-hydroxylation sites is 1. The van der Waals surface area contributed by atoms with E-state index in [0.717, 1.165) is 0 Å². The summed E-state index contributed by atoms with van der Waals surface area (Å²) in [5, 5.41) is 9.29. The minimum atomic E-state index is 0.0189. The van der Waals surface area contributed by atoms with Crippen LogP contribution < -0.4 is 15.1 Å². The summed E-state index contributed by atoms with van der Waals surface area (Å²) in [5.41, 5.74) is 17.3. The second-order valence-corrected chi connectivity index (χ2v) is 22.5. The Balaban J connectivity index is 1.23. The summed E-state index contributed by atoms with van der Waals surface area (Å²) in [6, 6.07) is 45.5. The summed E-state index contributed by atoms with van der Waals surface area (Å²) in [4.78, 5) is 2.75. The van der Waals surface area contributed by atoms with E-state index in [1.54, 1.807) is 0 Å². The normalized spacial score (nSPS) is 18.9. The average molecular weight is 795 g/mol. The van der Waals surface area contributed by atoms with E-state index in [4.69, 9.17) is 0 Å². The van der Waals surface area contributed by atoms with Gasteiger partial charge in [0.25, 0.3) is 0 Å². The van der Waals surface area contributed by atoms with E-state index in [2.05, 4.69) is 191 Å². The molecule has 0 saturated carbocycles. The molecular formula is C56H51BN2S. The van der Waals surface area contributed by atoms with Crippen molar-refractivity contribution in [2.45, 2.75) is 103 Å². The molecule has 0 amide bonds. The minimum Gasteiger partial charge on any atom is -0.375 e. The van der Waals surface area contributed by atoms with Gasteiger partial charge in [0.1, 0.15) is 0 Å². The predicted molar refractivity (Wildman–Crippen MR) is 261 cm³/mol. The van der Waals surface area contributed by atoms with Crippen LogP contribution in [0.1, 0.15) is 103 Å². The first-order chi connectivity index (χ1) is 28.7. The molecule has 7 aromatic carbocycles. The highest BCUT2D eigenvalue weighted by Crippen LogP contribution is 2.55. The van der Waals surface area contributed by atoms with Crippen LogP contribution in [0, 0.1) is 0 Å². The largest absolute Gasteiger partial charge is 0.375 e. The number of thiophene rings is 1. The first kappa shape index (κ1) is 35.4. The van der Waals surface area contributed by atoms with Crippen LogP contribution in [0.25, 0.3) is 64.6 Å². The molecule has 4 heteroatoms. The van der Waals surface area contributed by atoms with Crippen LogP contribution in [0.3, 0.4) is 0 Å². The van der Waals surface area contributed by atoms with Crippen molar-refractivity contribution in [1.29, 1.82) is 0 Å². The number of hydrogen-bond donors (Lipinski definition) is 0. The van der Waals surface area contributed by atoms with E-state index in [1.165, 1.54) is 140 Å². The summed E-state index contributed by atoms with van der Waals surface area (Å²) in [7, 11) is 0. The second-order valence-electron chi connectivity index (χ2n) is 21.4. The number of fused-ring (bicyclic) bond motifs is 14. The molecule has 60 heavy (non-hydrogen) atoms. The van der Waals surface area contributed by atoms with Gasteiger partial charge in [-0.1, -0.05) is 128 Å². The van der Waals surface area contributed by atoms with Crippen LogP contribution in [0.5, 0.6) is 0 Å². The highest BCUT2D eigenvalue weighted by molar-refractivity contribution is 7.32. The lowest BCUT2D eigenvalue weighted by Crippen LogP contribution is -2.55. The summed E-state index contributed by atoms with van der Waals surface area (Å²) in [5.74, 6) is 0. The van der Waals surface area contributed by atoms with Gasteiger partial charge in [-0.2, -0.15) is 0 Å². The number of aromatic nitrogens is 1. The summed E-state index contributed by atoms with van der Waals surface area (Å²) >= 11 is 2.06. The molecule has 2 aliphatic heterocycles. The van der Waals surface area contributed by atoms with Crippen LogP contribution in [-0.4, -0.2) is 11.3 Å². The molecule has 2 nitrogen and oxygen atoms in total. The van der Waals surface area contributed by atoms with Crippen LogP contribution in [0.2, 0.25) is 0 Å². The molecule has 0 bridgehead atoms. The maximum atomic E-state index is 2.77. The Morgan fingerprint density at radius 1 is 0.483 bits per heavy atom. The molecule has 0 fully saturated rings. The fourth-order valence-corrected chi connectivity index (χ4v) is 13.7. The third-order valence-corrected chi connectivity index (χ3v) is 17.2. The van der Waals surface area contributed by atoms with E-state index >= 15 is 0 Å². The van der Waals surface area contributed by atoms with Crippen molar-refractivity contribution in [3.05, 3.63) is 138 Å². The highest BCUT2D eigenvalue weighted by atomic mass is 32.1. The zero-order valence-corrected chi connectivity index (χ0v) is 37.0. The molecule has 0 saturated heterocycles. The minimum absolute atomic E-state index is 0.0189. The highest BCUT2D eigenvalue weighted by Gasteiger charge is 2.47. The van der Waals surface area contributed by atoms with Gasteiger partial charge < -0.3 is 9.38 Å². The molecule has 9 aromatic rings. The lowest BCUT2D eigenvalue weighted by molar-refractivity contribution is 0.332. The van der Waals surface area contributed by atoms with Crippen molar-refractivity contribution < 1.29 is 0 Å². The summed E-state index contributed by atoms with van der Waals surface area (Å²) < 4.78 is 5.63. The Hall–Kier alpha value is -5.32. The number of nitrogens with zero attached hydrogens (tertiary/aromatic N) is 2. The van der Waals surface area contributed by atoms with Crippen LogP contribution >= 0.6 is 11.3 Å². The molecule has 0 N–H and O–H groups in total. The zero-order valence-electron chi connectivity index (χ0n) is 36.2. The first-order valence-electron chi connectivity index (χ1n) is 22.3. The molecule has 0 radical (unpaired) electrons. The van der Waals surface area contributed by atoms with Crippen LogP contribution in [-0.2, 0) is 21.7 Å². The molecule has 0 spiro atoms. The third-order valence-electron chi connectivity index (χ3n) is 16.0. The van der Waals surface area contributed by atoms with Gasteiger partial charge in [-0.05, 0) is 139 Å². The Kier molecular flexibility index (Phi) is 6.69. The van der Waals surface area contributed by atoms with Gasteiger partial charge in [0, 0.05) is 53.3 Å². The first-order valence-corrected chi connectivity index (χ1v) is 23.1. The van der Waals surface area contributed by atoms with Gasteiger partial charge in [0.2, 0.25) is 0 Å². The number of rotatable bonds is 1. The molecule has 0 unspecified atom stereocenters. The monoisotopic (exact) mass is 794 g/mol. The number of hydrogen-bond acceptors (Lipinski definition) is 2. The standard InChI is InChI=1S/C56H51BN2S/c1-53(2)22-23-54(3,4)43-29-35(20-21-42(43)53)58-50-36-17-12-11-16-34(36)27-40-38-19-13-18-37-39-26-32-14-9-10-15-33(32)28-46(39)59(49(37)38)57(48(40)50)52-51(58)41-30-44-45(31-47(41)60-52)56(7,8)25-24-55(44,5)6/h9-21,26-31H,22-25H2,1-8H3. The van der Waals surface area contributed by atoms with Crippen molar-refractivity contribution in [3.63, 3.8) is 0 Å².